The molecule has 1 aromatic rings. The number of rotatable bonds is 3. The maximum atomic E-state index is 11.3. The van der Waals surface area contributed by atoms with Crippen molar-refractivity contribution in [2.75, 3.05) is 13.1 Å². The van der Waals surface area contributed by atoms with E-state index < -0.39 is 0 Å². The number of hydrogen-bond acceptors (Lipinski definition) is 4. The van der Waals surface area contributed by atoms with Crippen LogP contribution in [0.5, 0.6) is 0 Å². The average Bonchev–Trinajstić information content (AvgIpc) is 2.68. The van der Waals surface area contributed by atoms with Gasteiger partial charge in [-0.05, 0) is 30.5 Å². The quantitative estimate of drug-likeness (QED) is 0.474. The van der Waals surface area contributed by atoms with E-state index in [1.54, 1.807) is 12.3 Å². The fraction of sp³-hybridized carbons (Fsp3) is 0.538. The number of amides is 1. The molecule has 0 saturated carbocycles. The third kappa shape index (κ3) is 3.05. The lowest BCUT2D eigenvalue weighted by molar-refractivity contribution is 0.0953. The summed E-state index contributed by atoms with van der Waals surface area (Å²) in [6, 6.07) is 3.64. The van der Waals surface area contributed by atoms with Gasteiger partial charge in [0.05, 0.1) is 11.3 Å². The number of hydrogen-bond donors (Lipinski definition) is 2. The molecule has 5 heteroatoms. The Morgan fingerprint density at radius 1 is 1.56 bits per heavy atom. The molecule has 1 fully saturated rings. The van der Waals surface area contributed by atoms with Gasteiger partial charge < -0.3 is 0 Å². The van der Waals surface area contributed by atoms with E-state index in [0.29, 0.717) is 11.0 Å². The van der Waals surface area contributed by atoms with Gasteiger partial charge in [0.25, 0.3) is 5.91 Å². The predicted octanol–water partition coefficient (Wildman–Crippen LogP) is 0.917. The highest BCUT2D eigenvalue weighted by Gasteiger charge is 2.29. The van der Waals surface area contributed by atoms with Gasteiger partial charge in [-0.3, -0.25) is 20.1 Å². The number of nitrogen functional groups attached to an aromatic ring is 1. The minimum atomic E-state index is -0.309. The van der Waals surface area contributed by atoms with Gasteiger partial charge in [-0.15, -0.1) is 0 Å². The summed E-state index contributed by atoms with van der Waals surface area (Å²) in [5.74, 6) is 4.76. The van der Waals surface area contributed by atoms with Gasteiger partial charge in [0.15, 0.2) is 0 Å². The zero-order valence-corrected chi connectivity index (χ0v) is 10.9. The minimum absolute atomic E-state index is 0.309. The second-order valence-corrected chi connectivity index (χ2v) is 5.64. The maximum absolute atomic E-state index is 11.3. The molecule has 0 radical (unpaired) electrons. The van der Waals surface area contributed by atoms with Gasteiger partial charge in [-0.25, -0.2) is 5.84 Å². The highest BCUT2D eigenvalue weighted by atomic mass is 16.2. The lowest BCUT2D eigenvalue weighted by Gasteiger charge is -2.19. The monoisotopic (exact) mass is 248 g/mol. The van der Waals surface area contributed by atoms with E-state index in [1.807, 2.05) is 6.07 Å². The summed E-state index contributed by atoms with van der Waals surface area (Å²) in [6.45, 7) is 7.62. The van der Waals surface area contributed by atoms with Crippen LogP contribution in [0.15, 0.2) is 18.3 Å². The molecule has 0 unspecified atom stereocenters. The summed E-state index contributed by atoms with van der Waals surface area (Å²) in [5.41, 5.74) is 3.97. The molecular formula is C13H20N4O. The summed E-state index contributed by atoms with van der Waals surface area (Å²) in [4.78, 5) is 18.0. The van der Waals surface area contributed by atoms with E-state index >= 15 is 0 Å². The van der Waals surface area contributed by atoms with Crippen molar-refractivity contribution in [3.8, 4) is 0 Å². The lowest BCUT2D eigenvalue weighted by Crippen LogP contribution is -2.30. The topological polar surface area (TPSA) is 71.2 Å². The highest BCUT2D eigenvalue weighted by Crippen LogP contribution is 2.29. The van der Waals surface area contributed by atoms with Gasteiger partial charge in [0.1, 0.15) is 0 Å². The van der Waals surface area contributed by atoms with E-state index in [9.17, 15) is 4.79 Å². The number of aromatic nitrogens is 1. The van der Waals surface area contributed by atoms with Gasteiger partial charge in [0.2, 0.25) is 0 Å². The molecule has 0 bridgehead atoms. The molecule has 1 aliphatic heterocycles. The number of pyridine rings is 1. The first-order valence-electron chi connectivity index (χ1n) is 6.18. The Kier molecular flexibility index (Phi) is 3.63. The number of nitrogens with zero attached hydrogens (tertiary/aromatic N) is 2. The zero-order valence-electron chi connectivity index (χ0n) is 10.9. The number of nitrogens with two attached hydrogens (primary N) is 1. The van der Waals surface area contributed by atoms with Gasteiger partial charge >= 0.3 is 0 Å². The van der Waals surface area contributed by atoms with Crippen molar-refractivity contribution < 1.29 is 4.79 Å². The Morgan fingerprint density at radius 2 is 2.33 bits per heavy atom. The molecule has 0 spiro atoms. The molecule has 1 saturated heterocycles. The molecule has 18 heavy (non-hydrogen) atoms. The Bertz CT molecular complexity index is 427. The summed E-state index contributed by atoms with van der Waals surface area (Å²) in [7, 11) is 0. The van der Waals surface area contributed by atoms with Crippen LogP contribution in [0.2, 0.25) is 0 Å². The SMILES string of the molecule is CC1(C)CCN(Cc2ccc(C(=O)NN)cn2)C1. The summed E-state index contributed by atoms with van der Waals surface area (Å²) >= 11 is 0. The van der Waals surface area contributed by atoms with Crippen LogP contribution in [-0.2, 0) is 6.54 Å². The fourth-order valence-corrected chi connectivity index (χ4v) is 2.32. The van der Waals surface area contributed by atoms with Crippen LogP contribution in [0.1, 0.15) is 36.3 Å². The van der Waals surface area contributed by atoms with Crippen molar-refractivity contribution in [2.45, 2.75) is 26.8 Å². The van der Waals surface area contributed by atoms with Crippen LogP contribution in [0, 0.1) is 5.41 Å². The molecule has 2 heterocycles. The predicted molar refractivity (Wildman–Crippen MR) is 69.6 cm³/mol. The van der Waals surface area contributed by atoms with Gasteiger partial charge in [-0.2, -0.15) is 0 Å². The van der Waals surface area contributed by atoms with E-state index in [-0.39, 0.29) is 5.91 Å². The second-order valence-electron chi connectivity index (χ2n) is 5.64. The van der Waals surface area contributed by atoms with Gasteiger partial charge in [0, 0.05) is 19.3 Å². The summed E-state index contributed by atoms with van der Waals surface area (Å²) in [6.07, 6.45) is 2.79. The lowest BCUT2D eigenvalue weighted by atomic mass is 9.93. The van der Waals surface area contributed by atoms with Crippen molar-refractivity contribution >= 4 is 5.91 Å². The van der Waals surface area contributed by atoms with Gasteiger partial charge in [-0.1, -0.05) is 13.8 Å². The van der Waals surface area contributed by atoms with Crippen LogP contribution >= 0.6 is 0 Å². The molecule has 1 aliphatic rings. The molecule has 98 valence electrons. The molecule has 0 aromatic carbocycles. The van der Waals surface area contributed by atoms with Crippen molar-refractivity contribution in [3.63, 3.8) is 0 Å². The molecule has 1 aromatic heterocycles. The first-order valence-corrected chi connectivity index (χ1v) is 6.18. The average molecular weight is 248 g/mol. The molecule has 3 N–H and O–H groups in total. The normalized spacial score (nSPS) is 18.8. The van der Waals surface area contributed by atoms with Crippen LogP contribution in [0.4, 0.5) is 0 Å². The Labute approximate surface area is 107 Å². The number of nitrogens with one attached hydrogen (secondary N) is 1. The number of carbonyl (C=O) groups is 1. The van der Waals surface area contributed by atoms with Crippen molar-refractivity contribution in [1.82, 2.24) is 15.3 Å². The third-order valence-electron chi connectivity index (χ3n) is 3.36. The third-order valence-corrected chi connectivity index (χ3v) is 3.36. The van der Waals surface area contributed by atoms with Crippen LogP contribution < -0.4 is 11.3 Å². The van der Waals surface area contributed by atoms with Crippen LogP contribution in [0.3, 0.4) is 0 Å². The van der Waals surface area contributed by atoms with Crippen molar-refractivity contribution in [1.29, 1.82) is 0 Å². The number of likely N-dealkylation sites (tertiary alicyclic amines) is 1. The van der Waals surface area contributed by atoms with Crippen molar-refractivity contribution in [2.24, 2.45) is 11.3 Å². The number of hydrazine groups is 1. The highest BCUT2D eigenvalue weighted by molar-refractivity contribution is 5.93. The zero-order chi connectivity index (χ0) is 13.2. The van der Waals surface area contributed by atoms with E-state index in [2.05, 4.69) is 29.2 Å². The van der Waals surface area contributed by atoms with E-state index in [0.717, 1.165) is 25.3 Å². The van der Waals surface area contributed by atoms with Crippen LogP contribution in [-0.4, -0.2) is 28.9 Å². The maximum Gasteiger partial charge on any atom is 0.266 e. The first-order chi connectivity index (χ1) is 8.50. The molecule has 1 amide bonds. The van der Waals surface area contributed by atoms with Crippen molar-refractivity contribution in [3.05, 3.63) is 29.6 Å². The summed E-state index contributed by atoms with van der Waals surface area (Å²) < 4.78 is 0. The molecule has 5 nitrogen and oxygen atoms in total. The minimum Gasteiger partial charge on any atom is -0.297 e. The molecular weight excluding hydrogens is 228 g/mol. The molecule has 0 atom stereocenters. The Hall–Kier alpha value is -1.46. The fourth-order valence-electron chi connectivity index (χ4n) is 2.32. The second kappa shape index (κ2) is 5.04. The van der Waals surface area contributed by atoms with E-state index in [4.69, 9.17) is 5.84 Å². The molecule has 2 rings (SSSR count). The summed E-state index contributed by atoms with van der Waals surface area (Å²) in [5, 5.41) is 0. The smallest absolute Gasteiger partial charge is 0.266 e. The van der Waals surface area contributed by atoms with Crippen LogP contribution in [0.25, 0.3) is 0 Å². The Morgan fingerprint density at radius 3 is 2.83 bits per heavy atom. The Balaban J connectivity index is 1.97. The van der Waals surface area contributed by atoms with E-state index in [1.165, 1.54) is 6.42 Å². The standard InChI is InChI=1S/C13H20N4O/c1-13(2)5-6-17(9-13)8-11-4-3-10(7-15-11)12(18)16-14/h3-4,7H,5-6,8-9,14H2,1-2H3,(H,16,18). The first kappa shape index (κ1) is 13.0. The molecule has 0 aliphatic carbocycles. The number of carbonyl (C=O) groups excluding carboxylic acids is 1. The largest absolute Gasteiger partial charge is 0.297 e.